The number of amides is 1. The second kappa shape index (κ2) is 8.08. The van der Waals surface area contributed by atoms with Gasteiger partial charge in [0.05, 0.1) is 30.8 Å². The van der Waals surface area contributed by atoms with Crippen molar-refractivity contribution < 1.29 is 38.4 Å². The molecule has 6 atom stereocenters. The van der Waals surface area contributed by atoms with Crippen LogP contribution in [0.5, 0.6) is 0 Å². The van der Waals surface area contributed by atoms with Gasteiger partial charge in [0, 0.05) is 20.0 Å². The zero-order valence-electron chi connectivity index (χ0n) is 16.5. The molecule has 2 heterocycles. The molecule has 0 aromatic rings. The maximum absolute atomic E-state index is 12.9. The molecule has 1 aliphatic carbocycles. The van der Waals surface area contributed by atoms with Crippen LogP contribution in [0.3, 0.4) is 0 Å². The third kappa shape index (κ3) is 3.37. The number of esters is 1. The fourth-order valence-electron chi connectivity index (χ4n) is 4.59. The minimum Gasteiger partial charge on any atom is -0.435 e. The smallest absolute Gasteiger partial charge is 0.435 e. The van der Waals surface area contributed by atoms with E-state index in [1.165, 1.54) is 11.8 Å². The molecule has 1 amide bonds. The van der Waals surface area contributed by atoms with Gasteiger partial charge in [0.2, 0.25) is 12.2 Å². The van der Waals surface area contributed by atoms with Crippen LogP contribution in [-0.4, -0.2) is 66.3 Å². The van der Waals surface area contributed by atoms with Crippen LogP contribution in [0.4, 0.5) is 4.79 Å². The molecule has 9 nitrogen and oxygen atoms in total. The fraction of sp³-hybridized carbons (Fsp3) is 0.737. The molecule has 1 saturated heterocycles. The van der Waals surface area contributed by atoms with E-state index in [2.05, 4.69) is 4.74 Å². The van der Waals surface area contributed by atoms with E-state index < -0.39 is 30.4 Å². The van der Waals surface area contributed by atoms with Gasteiger partial charge in [0.1, 0.15) is 5.70 Å². The molecule has 2 aliphatic heterocycles. The number of fused-ring (bicyclic) bond motifs is 3. The Hall–Kier alpha value is -2.13. The first kappa shape index (κ1) is 20.6. The topological polar surface area (TPSA) is 112 Å². The Balaban J connectivity index is 1.85. The Kier molecular flexibility index (Phi) is 5.95. The minimum absolute atomic E-state index is 0.0557. The number of carbonyl (C=O) groups excluding carboxylic acids is 3. The molecular weight excluding hydrogens is 370 g/mol. The normalized spacial score (nSPS) is 30.8. The van der Waals surface area contributed by atoms with Crippen molar-refractivity contribution in [3.63, 3.8) is 0 Å². The number of methoxy groups -OCH3 is 1. The molecule has 0 radical (unpaired) electrons. The van der Waals surface area contributed by atoms with E-state index in [1.54, 1.807) is 21.0 Å². The van der Waals surface area contributed by atoms with E-state index in [0.717, 1.165) is 24.8 Å². The molecule has 28 heavy (non-hydrogen) atoms. The number of nitrogens with zero attached hydrogens (tertiary/aromatic N) is 1. The summed E-state index contributed by atoms with van der Waals surface area (Å²) in [5.74, 6) is -1.66. The van der Waals surface area contributed by atoms with Gasteiger partial charge in [-0.15, -0.1) is 0 Å². The number of hydrogen-bond donors (Lipinski definition) is 1. The lowest BCUT2D eigenvalue weighted by molar-refractivity contribution is -0.173. The summed E-state index contributed by atoms with van der Waals surface area (Å²) in [6, 6.07) is -0.274. The third-order valence-electron chi connectivity index (χ3n) is 5.64. The largest absolute Gasteiger partial charge is 0.511 e. The monoisotopic (exact) mass is 397 g/mol. The van der Waals surface area contributed by atoms with Crippen LogP contribution in [0.15, 0.2) is 11.3 Å². The first-order valence-electron chi connectivity index (χ1n) is 9.64. The van der Waals surface area contributed by atoms with Crippen molar-refractivity contribution in [2.45, 2.75) is 64.6 Å². The van der Waals surface area contributed by atoms with Crippen molar-refractivity contribution in [1.82, 2.24) is 4.90 Å². The lowest BCUT2D eigenvalue weighted by Gasteiger charge is -2.47. The third-order valence-corrected chi connectivity index (χ3v) is 5.64. The molecule has 1 N–H and O–H groups in total. The van der Waals surface area contributed by atoms with Crippen LogP contribution in [-0.2, 0) is 28.5 Å². The van der Waals surface area contributed by atoms with Gasteiger partial charge in [-0.2, -0.15) is 0 Å². The highest BCUT2D eigenvalue weighted by Crippen LogP contribution is 2.52. The molecule has 1 saturated carbocycles. The average molecular weight is 397 g/mol. The fourth-order valence-corrected chi connectivity index (χ4v) is 4.59. The Labute approximate surface area is 163 Å². The van der Waals surface area contributed by atoms with E-state index >= 15 is 0 Å². The molecule has 0 unspecified atom stereocenters. The van der Waals surface area contributed by atoms with Gasteiger partial charge < -0.3 is 29.0 Å². The van der Waals surface area contributed by atoms with Gasteiger partial charge in [-0.05, 0) is 38.7 Å². The summed E-state index contributed by atoms with van der Waals surface area (Å²) in [7, 11) is 1.57. The predicted octanol–water partition coefficient (Wildman–Crippen LogP) is 1.34. The number of ether oxygens (including phenoxy) is 4. The lowest BCUT2D eigenvalue weighted by atomic mass is 9.72. The molecule has 0 aromatic carbocycles. The Morgan fingerprint density at radius 3 is 2.57 bits per heavy atom. The van der Waals surface area contributed by atoms with Gasteiger partial charge in [-0.1, -0.05) is 0 Å². The molecule has 0 bridgehead atoms. The van der Waals surface area contributed by atoms with Crippen LogP contribution < -0.4 is 0 Å². The van der Waals surface area contributed by atoms with Crippen molar-refractivity contribution in [3.8, 4) is 0 Å². The summed E-state index contributed by atoms with van der Waals surface area (Å²) >= 11 is 0. The number of hydrogen-bond acceptors (Lipinski definition) is 8. The van der Waals surface area contributed by atoms with Crippen LogP contribution >= 0.6 is 0 Å². The summed E-state index contributed by atoms with van der Waals surface area (Å²) < 4.78 is 20.4. The van der Waals surface area contributed by atoms with Crippen LogP contribution in [0.1, 0.15) is 40.0 Å². The van der Waals surface area contributed by atoms with Crippen LogP contribution in [0.2, 0.25) is 0 Å². The lowest BCUT2D eigenvalue weighted by Crippen LogP contribution is -2.64. The maximum Gasteiger partial charge on any atom is 0.511 e. The van der Waals surface area contributed by atoms with Crippen LogP contribution in [0.25, 0.3) is 0 Å². The first-order valence-corrected chi connectivity index (χ1v) is 9.64. The molecule has 9 heteroatoms. The molecule has 0 spiro atoms. The van der Waals surface area contributed by atoms with Crippen molar-refractivity contribution in [1.29, 1.82) is 0 Å². The van der Waals surface area contributed by atoms with Crippen molar-refractivity contribution in [2.75, 3.05) is 13.7 Å². The quantitative estimate of drug-likeness (QED) is 0.406. The molecule has 2 fully saturated rings. The maximum atomic E-state index is 12.9. The second-order valence-corrected chi connectivity index (χ2v) is 7.30. The predicted molar refractivity (Wildman–Crippen MR) is 94.6 cm³/mol. The van der Waals surface area contributed by atoms with Gasteiger partial charge in [0.25, 0.3) is 0 Å². The first-order chi connectivity index (χ1) is 13.3. The van der Waals surface area contributed by atoms with E-state index in [0.29, 0.717) is 0 Å². The van der Waals surface area contributed by atoms with Gasteiger partial charge in [-0.3, -0.25) is 4.79 Å². The summed E-state index contributed by atoms with van der Waals surface area (Å²) in [4.78, 5) is 38.4. The van der Waals surface area contributed by atoms with E-state index in [-0.39, 0.29) is 36.3 Å². The highest BCUT2D eigenvalue weighted by molar-refractivity contribution is 6.01. The summed E-state index contributed by atoms with van der Waals surface area (Å²) in [6.07, 6.45) is -0.770. The summed E-state index contributed by atoms with van der Waals surface area (Å²) in [5, 5.41) is 10.0. The number of aliphatic hydroxyl groups excluding tert-OH is 1. The number of carbonyl (C=O) groups is 3. The Morgan fingerprint density at radius 2 is 1.96 bits per heavy atom. The molecule has 156 valence electrons. The Bertz CT molecular complexity index is 687. The molecule has 3 rings (SSSR count). The molecule has 3 aliphatic rings. The van der Waals surface area contributed by atoms with Gasteiger partial charge in [-0.25, -0.2) is 9.59 Å². The summed E-state index contributed by atoms with van der Waals surface area (Å²) in [6.45, 7) is 4.75. The average Bonchev–Trinajstić information content (AvgIpc) is 2.92. The van der Waals surface area contributed by atoms with E-state index in [4.69, 9.17) is 14.2 Å². The zero-order valence-corrected chi connectivity index (χ0v) is 16.5. The number of aliphatic hydroxyl groups is 1. The van der Waals surface area contributed by atoms with Crippen LogP contribution in [0, 0.1) is 11.8 Å². The van der Waals surface area contributed by atoms with E-state index in [1.807, 2.05) is 0 Å². The van der Waals surface area contributed by atoms with E-state index in [9.17, 15) is 19.5 Å². The molecule has 0 aromatic heterocycles. The van der Waals surface area contributed by atoms with Crippen molar-refractivity contribution in [3.05, 3.63) is 11.3 Å². The standard InChI is InChI=1S/C19H27NO8/c1-5-26-19(24)28-10(3)27-18(23)16-14-11(7-6-8-12(14)25-4)15-13(9(2)21)17(22)20(15)16/h9-13,15,21H,5-8H2,1-4H3/t9-,10+,11+,12+,13-,15-/m1/s1. The highest BCUT2D eigenvalue weighted by Gasteiger charge is 2.62. The number of rotatable bonds is 6. The zero-order chi connectivity index (χ0) is 20.6. The SMILES string of the molecule is CCOC(=O)O[C@@H](C)OC(=O)C1=C2[C@@H](OC)CCC[C@@H]2[C@@H]2[C@@H]([C@@H](C)O)C(=O)N12. The van der Waals surface area contributed by atoms with Gasteiger partial charge >= 0.3 is 12.1 Å². The highest BCUT2D eigenvalue weighted by atomic mass is 16.8. The van der Waals surface area contributed by atoms with Crippen molar-refractivity contribution >= 4 is 18.0 Å². The van der Waals surface area contributed by atoms with Crippen molar-refractivity contribution in [2.24, 2.45) is 11.8 Å². The summed E-state index contributed by atoms with van der Waals surface area (Å²) in [5.41, 5.74) is 0.895. The minimum atomic E-state index is -1.18. The Morgan fingerprint density at radius 1 is 1.25 bits per heavy atom. The second-order valence-electron chi connectivity index (χ2n) is 7.30. The van der Waals surface area contributed by atoms with Gasteiger partial charge in [0.15, 0.2) is 0 Å². The number of β-lactam (4-membered cyclic amide) rings is 1. The molecular formula is C19H27NO8.